The van der Waals surface area contributed by atoms with Crippen molar-refractivity contribution in [3.8, 4) is 11.3 Å². The first-order valence-corrected chi connectivity index (χ1v) is 9.85. The summed E-state index contributed by atoms with van der Waals surface area (Å²) in [6.45, 7) is 1.15. The molecule has 2 heterocycles. The van der Waals surface area contributed by atoms with E-state index in [0.29, 0.717) is 36.0 Å². The second-order valence-electron chi connectivity index (χ2n) is 7.66. The number of hydrogen-bond donors (Lipinski definition) is 2. The number of amides is 1. The lowest BCUT2D eigenvalue weighted by atomic mass is 9.93. The maximum absolute atomic E-state index is 14.6. The second kappa shape index (κ2) is 8.16. The van der Waals surface area contributed by atoms with E-state index in [1.807, 2.05) is 31.1 Å². The molecule has 3 aromatic rings. The van der Waals surface area contributed by atoms with Crippen LogP contribution in [-0.4, -0.2) is 58.6 Å². The van der Waals surface area contributed by atoms with Gasteiger partial charge in [-0.25, -0.2) is 13.9 Å². The van der Waals surface area contributed by atoms with Crippen LogP contribution in [0.3, 0.4) is 0 Å². The molecule has 1 saturated carbocycles. The fraction of sp³-hybridized carbons (Fsp3) is 0.381. The number of aromatic nitrogens is 3. The van der Waals surface area contributed by atoms with Crippen LogP contribution in [0.2, 0.25) is 0 Å². The van der Waals surface area contributed by atoms with Gasteiger partial charge in [0.1, 0.15) is 11.6 Å². The molecule has 1 fully saturated rings. The summed E-state index contributed by atoms with van der Waals surface area (Å²) in [5.41, 5.74) is 2.01. The van der Waals surface area contributed by atoms with Gasteiger partial charge in [-0.15, -0.1) is 5.10 Å². The molecule has 1 aromatic carbocycles. The number of carbonyl (C=O) groups excluding carboxylic acids is 1. The molecule has 4 rings (SSSR count). The van der Waals surface area contributed by atoms with Gasteiger partial charge in [-0.05, 0) is 57.6 Å². The Hall–Kier alpha value is -3.00. The van der Waals surface area contributed by atoms with Crippen molar-refractivity contribution in [2.75, 3.05) is 32.5 Å². The van der Waals surface area contributed by atoms with Crippen molar-refractivity contribution in [3.05, 3.63) is 47.9 Å². The number of imidazole rings is 1. The van der Waals surface area contributed by atoms with E-state index < -0.39 is 11.7 Å². The molecule has 0 atom stereocenters. The standard InChI is InChI=1S/C21H25FN6O/c1-27(2)11-10-23-21(29)16-7-6-14(12-17(16)22)18-13-24-20-9-8-19(26-28(18)20)25-15-4-3-5-15/h6-9,12-13,15H,3-5,10-11H2,1-2H3,(H,23,29)(H,25,26). The minimum absolute atomic E-state index is 0.0293. The van der Waals surface area contributed by atoms with Gasteiger partial charge in [-0.3, -0.25) is 4.79 Å². The predicted molar refractivity (Wildman–Crippen MR) is 111 cm³/mol. The highest BCUT2D eigenvalue weighted by Crippen LogP contribution is 2.25. The molecule has 0 unspecified atom stereocenters. The Balaban J connectivity index is 1.56. The third-order valence-electron chi connectivity index (χ3n) is 5.17. The Bertz CT molecular complexity index is 1030. The number of carbonyl (C=O) groups is 1. The lowest BCUT2D eigenvalue weighted by Crippen LogP contribution is -2.31. The van der Waals surface area contributed by atoms with Gasteiger partial charge in [-0.1, -0.05) is 6.07 Å². The molecule has 8 heteroatoms. The van der Waals surface area contributed by atoms with Gasteiger partial charge in [0.2, 0.25) is 0 Å². The van der Waals surface area contributed by atoms with Crippen molar-refractivity contribution in [1.82, 2.24) is 24.8 Å². The summed E-state index contributed by atoms with van der Waals surface area (Å²) >= 11 is 0. The summed E-state index contributed by atoms with van der Waals surface area (Å²) in [6.07, 6.45) is 5.21. The van der Waals surface area contributed by atoms with E-state index in [2.05, 4.69) is 20.7 Å². The second-order valence-corrected chi connectivity index (χ2v) is 7.66. The Morgan fingerprint density at radius 3 is 2.79 bits per heavy atom. The molecule has 152 valence electrons. The molecule has 7 nitrogen and oxygen atoms in total. The zero-order chi connectivity index (χ0) is 20.4. The average molecular weight is 396 g/mol. The fourth-order valence-electron chi connectivity index (χ4n) is 3.26. The minimum atomic E-state index is -0.566. The van der Waals surface area contributed by atoms with Gasteiger partial charge in [0.05, 0.1) is 17.5 Å². The molecule has 1 amide bonds. The Morgan fingerprint density at radius 1 is 1.28 bits per heavy atom. The van der Waals surface area contributed by atoms with Crippen LogP contribution >= 0.6 is 0 Å². The number of nitrogens with zero attached hydrogens (tertiary/aromatic N) is 4. The maximum Gasteiger partial charge on any atom is 0.254 e. The Labute approximate surface area is 168 Å². The molecule has 2 N–H and O–H groups in total. The van der Waals surface area contributed by atoms with E-state index in [1.54, 1.807) is 16.8 Å². The zero-order valence-corrected chi connectivity index (χ0v) is 16.7. The summed E-state index contributed by atoms with van der Waals surface area (Å²) in [4.78, 5) is 18.5. The van der Waals surface area contributed by atoms with E-state index in [0.717, 1.165) is 18.7 Å². The van der Waals surface area contributed by atoms with Gasteiger partial charge in [0.25, 0.3) is 5.91 Å². The molecule has 2 aromatic heterocycles. The highest BCUT2D eigenvalue weighted by molar-refractivity contribution is 5.95. The molecule has 29 heavy (non-hydrogen) atoms. The number of fused-ring (bicyclic) bond motifs is 1. The van der Waals surface area contributed by atoms with Crippen molar-refractivity contribution in [3.63, 3.8) is 0 Å². The van der Waals surface area contributed by atoms with Crippen molar-refractivity contribution in [2.45, 2.75) is 25.3 Å². The lowest BCUT2D eigenvalue weighted by Gasteiger charge is -2.26. The van der Waals surface area contributed by atoms with Crippen molar-refractivity contribution < 1.29 is 9.18 Å². The van der Waals surface area contributed by atoms with Gasteiger partial charge in [0, 0.05) is 24.7 Å². The van der Waals surface area contributed by atoms with Crippen LogP contribution in [0.5, 0.6) is 0 Å². The van der Waals surface area contributed by atoms with Gasteiger partial charge >= 0.3 is 0 Å². The van der Waals surface area contributed by atoms with Crippen LogP contribution in [-0.2, 0) is 0 Å². The van der Waals surface area contributed by atoms with Crippen LogP contribution in [0.1, 0.15) is 29.6 Å². The smallest absolute Gasteiger partial charge is 0.254 e. The third kappa shape index (κ3) is 4.22. The number of benzene rings is 1. The highest BCUT2D eigenvalue weighted by Gasteiger charge is 2.18. The van der Waals surface area contributed by atoms with E-state index in [-0.39, 0.29) is 5.56 Å². The van der Waals surface area contributed by atoms with Gasteiger partial charge in [-0.2, -0.15) is 0 Å². The molecular weight excluding hydrogens is 371 g/mol. The number of rotatable bonds is 7. The van der Waals surface area contributed by atoms with Crippen LogP contribution in [0.4, 0.5) is 10.2 Å². The van der Waals surface area contributed by atoms with Crippen molar-refractivity contribution in [2.24, 2.45) is 0 Å². The van der Waals surface area contributed by atoms with E-state index >= 15 is 0 Å². The fourth-order valence-corrected chi connectivity index (χ4v) is 3.26. The predicted octanol–water partition coefficient (Wildman–Crippen LogP) is 2.79. The van der Waals surface area contributed by atoms with Gasteiger partial charge in [0.15, 0.2) is 5.65 Å². The molecule has 0 bridgehead atoms. The van der Waals surface area contributed by atoms with E-state index in [9.17, 15) is 9.18 Å². The summed E-state index contributed by atoms with van der Waals surface area (Å²) in [6, 6.07) is 8.85. The van der Waals surface area contributed by atoms with Gasteiger partial charge < -0.3 is 15.5 Å². The molecule has 0 spiro atoms. The first-order valence-electron chi connectivity index (χ1n) is 9.85. The van der Waals surface area contributed by atoms with Crippen LogP contribution in [0, 0.1) is 5.82 Å². The van der Waals surface area contributed by atoms with Crippen LogP contribution in [0.25, 0.3) is 16.9 Å². The van der Waals surface area contributed by atoms with Crippen LogP contribution in [0.15, 0.2) is 36.5 Å². The number of halogens is 1. The molecule has 0 radical (unpaired) electrons. The molecule has 0 aliphatic heterocycles. The third-order valence-corrected chi connectivity index (χ3v) is 5.17. The average Bonchev–Trinajstić information content (AvgIpc) is 3.07. The summed E-state index contributed by atoms with van der Waals surface area (Å²) in [7, 11) is 3.83. The number of likely N-dealkylation sites (N-methyl/N-ethyl adjacent to an activating group) is 1. The Morgan fingerprint density at radius 2 is 2.10 bits per heavy atom. The van der Waals surface area contributed by atoms with E-state index in [1.165, 1.54) is 18.6 Å². The first-order chi connectivity index (χ1) is 14.0. The minimum Gasteiger partial charge on any atom is -0.366 e. The number of hydrogen-bond acceptors (Lipinski definition) is 5. The van der Waals surface area contributed by atoms with Crippen molar-refractivity contribution >= 4 is 17.4 Å². The lowest BCUT2D eigenvalue weighted by molar-refractivity contribution is 0.0947. The molecule has 0 saturated heterocycles. The SMILES string of the molecule is CN(C)CCNC(=O)c1ccc(-c2cnc3ccc(NC4CCC4)nn23)cc1F. The maximum atomic E-state index is 14.6. The van der Waals surface area contributed by atoms with Crippen LogP contribution < -0.4 is 10.6 Å². The Kier molecular flexibility index (Phi) is 5.44. The van der Waals surface area contributed by atoms with E-state index in [4.69, 9.17) is 0 Å². The summed E-state index contributed by atoms with van der Waals surface area (Å²) < 4.78 is 16.4. The summed E-state index contributed by atoms with van der Waals surface area (Å²) in [5.74, 6) is -0.207. The largest absolute Gasteiger partial charge is 0.366 e. The topological polar surface area (TPSA) is 74.6 Å². The highest BCUT2D eigenvalue weighted by atomic mass is 19.1. The summed E-state index contributed by atoms with van der Waals surface area (Å²) in [5, 5.41) is 10.8. The molecule has 1 aliphatic rings. The first kappa shape index (κ1) is 19.3. The molecular formula is C21H25FN6O. The number of nitrogens with one attached hydrogen (secondary N) is 2. The zero-order valence-electron chi connectivity index (χ0n) is 16.7. The number of anilines is 1. The monoisotopic (exact) mass is 396 g/mol. The quantitative estimate of drug-likeness (QED) is 0.642. The molecule has 1 aliphatic carbocycles. The van der Waals surface area contributed by atoms with Crippen molar-refractivity contribution in [1.29, 1.82) is 0 Å². The normalized spacial score (nSPS) is 14.2.